The van der Waals surface area contributed by atoms with Crippen LogP contribution in [0, 0.1) is 0 Å². The van der Waals surface area contributed by atoms with Crippen molar-refractivity contribution in [1.82, 2.24) is 4.98 Å². The molecule has 0 radical (unpaired) electrons. The molecule has 5 heteroatoms. The quantitative estimate of drug-likeness (QED) is 0.562. The lowest BCUT2D eigenvalue weighted by Crippen LogP contribution is -2.36. The molecule has 0 amide bonds. The summed E-state index contributed by atoms with van der Waals surface area (Å²) in [4.78, 5) is 10.4. The summed E-state index contributed by atoms with van der Waals surface area (Å²) in [6.07, 6.45) is 0. The van der Waals surface area contributed by atoms with Gasteiger partial charge in [-0.05, 0) is 24.4 Å². The Balaban J connectivity index is 2.19. The van der Waals surface area contributed by atoms with Gasteiger partial charge >= 0.3 is 0 Å². The molecular formula is C10H11N3OS. The minimum atomic E-state index is 0.606. The van der Waals surface area contributed by atoms with Gasteiger partial charge < -0.3 is 9.64 Å². The van der Waals surface area contributed by atoms with Crippen LogP contribution in [0.5, 0.6) is 0 Å². The van der Waals surface area contributed by atoms with E-state index in [-0.39, 0.29) is 0 Å². The third-order valence-corrected chi connectivity index (χ3v) is 2.31. The molecule has 0 aromatic carbocycles. The molecule has 2 heterocycles. The average molecular weight is 221 g/mol. The number of aromatic nitrogens is 1. The molecule has 0 spiro atoms. The molecule has 1 saturated heterocycles. The van der Waals surface area contributed by atoms with Gasteiger partial charge in [0.05, 0.1) is 18.4 Å². The van der Waals surface area contributed by atoms with Crippen molar-refractivity contribution >= 4 is 29.0 Å². The lowest BCUT2D eigenvalue weighted by molar-refractivity contribution is 0.122. The molecule has 0 N–H and O–H groups in total. The van der Waals surface area contributed by atoms with Crippen LogP contribution in [0.25, 0.3) is 0 Å². The number of ether oxygens (including phenoxy) is 1. The Kier molecular flexibility index (Phi) is 3.40. The minimum absolute atomic E-state index is 0.606. The fourth-order valence-electron chi connectivity index (χ4n) is 1.49. The number of isothiocyanates is 1. The van der Waals surface area contributed by atoms with E-state index >= 15 is 0 Å². The summed E-state index contributed by atoms with van der Waals surface area (Å²) in [6.45, 7) is 3.25. The Hall–Kier alpha value is -1.29. The lowest BCUT2D eigenvalue weighted by Gasteiger charge is -2.27. The van der Waals surface area contributed by atoms with Gasteiger partial charge in [0.2, 0.25) is 0 Å². The highest BCUT2D eigenvalue weighted by Gasteiger charge is 2.12. The summed E-state index contributed by atoms with van der Waals surface area (Å²) >= 11 is 4.54. The summed E-state index contributed by atoms with van der Waals surface area (Å²) in [6, 6.07) is 5.69. The van der Waals surface area contributed by atoms with E-state index in [0.717, 1.165) is 32.1 Å². The predicted octanol–water partition coefficient (Wildman–Crippen LogP) is 1.65. The zero-order valence-electron chi connectivity index (χ0n) is 8.22. The third kappa shape index (κ3) is 2.59. The van der Waals surface area contributed by atoms with Crippen LogP contribution in [0.1, 0.15) is 0 Å². The minimum Gasteiger partial charge on any atom is -0.378 e. The van der Waals surface area contributed by atoms with Crippen molar-refractivity contribution in [2.75, 3.05) is 31.2 Å². The molecule has 1 aliphatic rings. The van der Waals surface area contributed by atoms with Crippen LogP contribution in [0.15, 0.2) is 23.2 Å². The zero-order chi connectivity index (χ0) is 10.5. The Morgan fingerprint density at radius 2 is 2.20 bits per heavy atom. The first-order chi connectivity index (χ1) is 7.40. The van der Waals surface area contributed by atoms with E-state index in [0.29, 0.717) is 5.82 Å². The van der Waals surface area contributed by atoms with Gasteiger partial charge in [-0.3, -0.25) is 0 Å². The van der Waals surface area contributed by atoms with E-state index in [2.05, 4.69) is 32.3 Å². The number of aliphatic imine (C=N–C) groups is 1. The smallest absolute Gasteiger partial charge is 0.164 e. The van der Waals surface area contributed by atoms with E-state index in [1.54, 1.807) is 0 Å². The summed E-state index contributed by atoms with van der Waals surface area (Å²) in [5.41, 5.74) is 0. The first-order valence-electron chi connectivity index (χ1n) is 4.78. The molecular weight excluding hydrogens is 210 g/mol. The molecule has 0 aliphatic carbocycles. The maximum Gasteiger partial charge on any atom is 0.164 e. The Morgan fingerprint density at radius 1 is 1.40 bits per heavy atom. The maximum atomic E-state index is 5.28. The number of hydrogen-bond acceptors (Lipinski definition) is 5. The number of anilines is 1. The van der Waals surface area contributed by atoms with E-state index in [1.165, 1.54) is 0 Å². The molecule has 4 nitrogen and oxygen atoms in total. The second-order valence-corrected chi connectivity index (χ2v) is 3.34. The van der Waals surface area contributed by atoms with E-state index in [9.17, 15) is 0 Å². The Morgan fingerprint density at radius 3 is 2.93 bits per heavy atom. The zero-order valence-corrected chi connectivity index (χ0v) is 9.04. The Bertz CT molecular complexity index is 384. The first kappa shape index (κ1) is 10.2. The SMILES string of the molecule is S=C=Nc1cccc(N2CCOCC2)n1. The topological polar surface area (TPSA) is 37.7 Å². The van der Waals surface area contributed by atoms with Crippen molar-refractivity contribution in [2.45, 2.75) is 0 Å². The van der Waals surface area contributed by atoms with Crippen LogP contribution in [-0.4, -0.2) is 36.4 Å². The number of nitrogens with zero attached hydrogens (tertiary/aromatic N) is 3. The predicted molar refractivity (Wildman–Crippen MR) is 62.0 cm³/mol. The molecule has 1 aromatic rings. The first-order valence-corrected chi connectivity index (χ1v) is 5.18. The largest absolute Gasteiger partial charge is 0.378 e. The number of pyridine rings is 1. The molecule has 1 aromatic heterocycles. The summed E-state index contributed by atoms with van der Waals surface area (Å²) < 4.78 is 5.28. The fraction of sp³-hybridized carbons (Fsp3) is 0.400. The van der Waals surface area contributed by atoms with E-state index in [1.807, 2.05) is 18.2 Å². The van der Waals surface area contributed by atoms with Crippen LogP contribution < -0.4 is 4.90 Å². The average Bonchev–Trinajstić information content (AvgIpc) is 2.31. The number of morpholine rings is 1. The van der Waals surface area contributed by atoms with E-state index < -0.39 is 0 Å². The molecule has 0 unspecified atom stereocenters. The number of hydrogen-bond donors (Lipinski definition) is 0. The van der Waals surface area contributed by atoms with Crippen molar-refractivity contribution < 1.29 is 4.74 Å². The molecule has 0 atom stereocenters. The second kappa shape index (κ2) is 4.98. The lowest BCUT2D eigenvalue weighted by atomic mass is 10.3. The highest BCUT2D eigenvalue weighted by Crippen LogP contribution is 2.16. The Labute approximate surface area is 93.6 Å². The molecule has 1 aliphatic heterocycles. The normalized spacial score (nSPS) is 15.9. The van der Waals surface area contributed by atoms with Crippen molar-refractivity contribution in [3.8, 4) is 0 Å². The molecule has 15 heavy (non-hydrogen) atoms. The van der Waals surface area contributed by atoms with Gasteiger partial charge in [-0.15, -0.1) is 0 Å². The fourth-order valence-corrected chi connectivity index (χ4v) is 1.58. The van der Waals surface area contributed by atoms with Gasteiger partial charge in [0.25, 0.3) is 0 Å². The second-order valence-electron chi connectivity index (χ2n) is 3.16. The summed E-state index contributed by atoms with van der Waals surface area (Å²) in [5, 5.41) is 2.32. The maximum absolute atomic E-state index is 5.28. The van der Waals surface area contributed by atoms with Gasteiger partial charge in [-0.25, -0.2) is 4.98 Å². The monoisotopic (exact) mass is 221 g/mol. The van der Waals surface area contributed by atoms with Gasteiger partial charge in [0.15, 0.2) is 5.82 Å². The van der Waals surface area contributed by atoms with Crippen LogP contribution >= 0.6 is 12.2 Å². The van der Waals surface area contributed by atoms with E-state index in [4.69, 9.17) is 4.74 Å². The molecule has 1 fully saturated rings. The van der Waals surface area contributed by atoms with Crippen molar-refractivity contribution in [3.63, 3.8) is 0 Å². The van der Waals surface area contributed by atoms with Crippen molar-refractivity contribution in [2.24, 2.45) is 4.99 Å². The van der Waals surface area contributed by atoms with Gasteiger partial charge in [0.1, 0.15) is 5.82 Å². The van der Waals surface area contributed by atoms with Crippen LogP contribution in [0.4, 0.5) is 11.6 Å². The standard InChI is InChI=1S/C10H11N3OS/c15-8-11-9-2-1-3-10(12-9)13-4-6-14-7-5-13/h1-3H,4-7H2. The van der Waals surface area contributed by atoms with Gasteiger partial charge in [0, 0.05) is 13.1 Å². The van der Waals surface area contributed by atoms with Gasteiger partial charge in [-0.1, -0.05) is 6.07 Å². The van der Waals surface area contributed by atoms with Crippen LogP contribution in [0.2, 0.25) is 0 Å². The van der Waals surface area contributed by atoms with Crippen LogP contribution in [-0.2, 0) is 4.74 Å². The van der Waals surface area contributed by atoms with Crippen LogP contribution in [0.3, 0.4) is 0 Å². The van der Waals surface area contributed by atoms with Crippen molar-refractivity contribution in [1.29, 1.82) is 0 Å². The molecule has 0 saturated carbocycles. The molecule has 0 bridgehead atoms. The highest BCUT2D eigenvalue weighted by atomic mass is 32.1. The number of rotatable bonds is 2. The summed E-state index contributed by atoms with van der Waals surface area (Å²) in [7, 11) is 0. The van der Waals surface area contributed by atoms with Gasteiger partial charge in [-0.2, -0.15) is 4.99 Å². The summed E-state index contributed by atoms with van der Waals surface area (Å²) in [5.74, 6) is 1.53. The third-order valence-electron chi connectivity index (χ3n) is 2.21. The van der Waals surface area contributed by atoms with Crippen molar-refractivity contribution in [3.05, 3.63) is 18.2 Å². The molecule has 78 valence electrons. The highest BCUT2D eigenvalue weighted by molar-refractivity contribution is 7.78. The molecule has 2 rings (SSSR count). The number of thiocarbonyl (C=S) groups is 1.